The van der Waals surface area contributed by atoms with Crippen molar-refractivity contribution in [3.63, 3.8) is 0 Å². The van der Waals surface area contributed by atoms with Crippen molar-refractivity contribution in [2.45, 2.75) is 26.7 Å². The van der Waals surface area contributed by atoms with Crippen LogP contribution in [0, 0.1) is 11.7 Å². The molecule has 2 aromatic carbocycles. The first kappa shape index (κ1) is 21.0. The molecule has 0 atom stereocenters. The molecule has 4 rings (SSSR count). The first-order chi connectivity index (χ1) is 14.9. The highest BCUT2D eigenvalue weighted by molar-refractivity contribution is 5.91. The van der Waals surface area contributed by atoms with E-state index >= 15 is 0 Å². The summed E-state index contributed by atoms with van der Waals surface area (Å²) in [5.41, 5.74) is 1.14. The summed E-state index contributed by atoms with van der Waals surface area (Å²) in [7, 11) is 0. The average Bonchev–Trinajstić information content (AvgIpc) is 2.77. The van der Waals surface area contributed by atoms with Gasteiger partial charge in [-0.15, -0.1) is 0 Å². The number of carbonyl (C=O) groups is 1. The molecule has 3 aromatic rings. The van der Waals surface area contributed by atoms with E-state index < -0.39 is 0 Å². The van der Waals surface area contributed by atoms with Crippen molar-refractivity contribution in [1.29, 1.82) is 0 Å². The van der Waals surface area contributed by atoms with Crippen LogP contribution in [-0.2, 0) is 4.79 Å². The van der Waals surface area contributed by atoms with E-state index in [-0.39, 0.29) is 17.5 Å². The van der Waals surface area contributed by atoms with Crippen LogP contribution in [0.3, 0.4) is 0 Å². The normalized spacial score (nSPS) is 14.5. The highest BCUT2D eigenvalue weighted by Gasteiger charge is 2.24. The Morgan fingerprint density at radius 1 is 1.10 bits per heavy atom. The number of fused-ring (bicyclic) bond motifs is 1. The van der Waals surface area contributed by atoms with Crippen LogP contribution in [0.2, 0.25) is 0 Å². The van der Waals surface area contributed by atoms with Crippen molar-refractivity contribution >= 4 is 22.6 Å². The first-order valence-electron chi connectivity index (χ1n) is 10.7. The second kappa shape index (κ2) is 8.88. The Morgan fingerprint density at radius 3 is 2.55 bits per heavy atom. The molecule has 1 aromatic heterocycles. The van der Waals surface area contributed by atoms with Gasteiger partial charge in [-0.25, -0.2) is 14.4 Å². The Bertz CT molecular complexity index is 1090. The molecule has 1 aliphatic rings. The van der Waals surface area contributed by atoms with Gasteiger partial charge in [0.15, 0.2) is 5.82 Å². The smallest absolute Gasteiger partial charge is 0.222 e. The molecule has 0 aliphatic carbocycles. The number of nitrogens with zero attached hydrogens (tertiary/aromatic N) is 4. The molecular weight excluding hydrogens is 395 g/mol. The number of amides is 1. The third kappa shape index (κ3) is 4.60. The van der Waals surface area contributed by atoms with Crippen molar-refractivity contribution in [3.8, 4) is 17.1 Å². The predicted molar refractivity (Wildman–Crippen MR) is 119 cm³/mol. The van der Waals surface area contributed by atoms with Crippen LogP contribution in [-0.4, -0.2) is 52.1 Å². The number of phenols is 1. The van der Waals surface area contributed by atoms with Crippen LogP contribution in [0.5, 0.6) is 5.75 Å². The van der Waals surface area contributed by atoms with Crippen LogP contribution in [0.25, 0.3) is 22.3 Å². The Morgan fingerprint density at radius 2 is 1.84 bits per heavy atom. The maximum atomic E-state index is 14.0. The lowest BCUT2D eigenvalue weighted by Crippen LogP contribution is -2.49. The zero-order chi connectivity index (χ0) is 22.0. The summed E-state index contributed by atoms with van der Waals surface area (Å²) in [4.78, 5) is 25.7. The number of hydrogen-bond acceptors (Lipinski definition) is 5. The van der Waals surface area contributed by atoms with E-state index in [4.69, 9.17) is 4.98 Å². The second-order valence-electron chi connectivity index (χ2n) is 8.35. The number of para-hydroxylation sites is 1. The lowest BCUT2D eigenvalue weighted by molar-refractivity contribution is -0.131. The standard InChI is InChI=1S/C24H27FN4O2/c1-16(2)7-10-22(31)28-11-13-29(14-12-28)24-19-15-17(25)8-9-20(19)26-23(27-24)18-5-3-4-6-21(18)30/h3-6,8-9,15-16,30H,7,10-14H2,1-2H3. The molecule has 0 saturated carbocycles. The van der Waals surface area contributed by atoms with Gasteiger partial charge in [-0.3, -0.25) is 4.79 Å². The molecule has 0 bridgehead atoms. The Balaban J connectivity index is 1.63. The summed E-state index contributed by atoms with van der Waals surface area (Å²) < 4.78 is 14.0. The van der Waals surface area contributed by atoms with Crippen molar-refractivity contribution in [2.24, 2.45) is 5.92 Å². The van der Waals surface area contributed by atoms with Gasteiger partial charge in [0, 0.05) is 38.0 Å². The fourth-order valence-corrected chi connectivity index (χ4v) is 3.85. The van der Waals surface area contributed by atoms with Crippen LogP contribution < -0.4 is 4.90 Å². The number of rotatable bonds is 5. The minimum absolute atomic E-state index is 0.0930. The molecule has 7 heteroatoms. The van der Waals surface area contributed by atoms with Gasteiger partial charge in [0.2, 0.25) is 5.91 Å². The van der Waals surface area contributed by atoms with Gasteiger partial charge < -0.3 is 14.9 Å². The van der Waals surface area contributed by atoms with Gasteiger partial charge in [0.25, 0.3) is 0 Å². The maximum Gasteiger partial charge on any atom is 0.222 e. The summed E-state index contributed by atoms with van der Waals surface area (Å²) in [5, 5.41) is 10.9. The van der Waals surface area contributed by atoms with Gasteiger partial charge in [0.05, 0.1) is 11.1 Å². The van der Waals surface area contributed by atoms with Crippen molar-refractivity contribution in [2.75, 3.05) is 31.1 Å². The Hall–Kier alpha value is -3.22. The fraction of sp³-hybridized carbons (Fsp3) is 0.375. The van der Waals surface area contributed by atoms with Gasteiger partial charge >= 0.3 is 0 Å². The third-order valence-electron chi connectivity index (χ3n) is 5.65. The molecular formula is C24H27FN4O2. The van der Waals surface area contributed by atoms with Gasteiger partial charge in [-0.1, -0.05) is 26.0 Å². The van der Waals surface area contributed by atoms with E-state index in [0.29, 0.717) is 66.6 Å². The van der Waals surface area contributed by atoms with Crippen LogP contribution in [0.4, 0.5) is 10.2 Å². The number of halogens is 1. The molecule has 0 unspecified atom stereocenters. The second-order valence-corrected chi connectivity index (χ2v) is 8.35. The zero-order valence-electron chi connectivity index (χ0n) is 17.9. The number of hydrogen-bond donors (Lipinski definition) is 1. The fourth-order valence-electron chi connectivity index (χ4n) is 3.85. The van der Waals surface area contributed by atoms with Crippen LogP contribution in [0.15, 0.2) is 42.5 Å². The number of phenolic OH excluding ortho intramolecular Hbond substituents is 1. The van der Waals surface area contributed by atoms with E-state index in [2.05, 4.69) is 23.7 Å². The average molecular weight is 423 g/mol. The molecule has 0 radical (unpaired) electrons. The highest BCUT2D eigenvalue weighted by atomic mass is 19.1. The van der Waals surface area contributed by atoms with E-state index in [1.807, 2.05) is 11.0 Å². The van der Waals surface area contributed by atoms with Crippen molar-refractivity contribution in [3.05, 3.63) is 48.3 Å². The molecule has 2 heterocycles. The third-order valence-corrected chi connectivity index (χ3v) is 5.65. The largest absolute Gasteiger partial charge is 0.507 e. The molecule has 0 spiro atoms. The summed E-state index contributed by atoms with van der Waals surface area (Å²) >= 11 is 0. The molecule has 1 saturated heterocycles. The topological polar surface area (TPSA) is 69.6 Å². The predicted octanol–water partition coefficient (Wildman–Crippen LogP) is 4.23. The van der Waals surface area contributed by atoms with Crippen LogP contribution in [0.1, 0.15) is 26.7 Å². The van der Waals surface area contributed by atoms with Crippen molar-refractivity contribution in [1.82, 2.24) is 14.9 Å². The molecule has 31 heavy (non-hydrogen) atoms. The number of benzene rings is 2. The summed E-state index contributed by atoms with van der Waals surface area (Å²) in [6, 6.07) is 11.4. The lowest BCUT2D eigenvalue weighted by Gasteiger charge is -2.36. The Kier molecular flexibility index (Phi) is 6.02. The van der Waals surface area contributed by atoms with E-state index in [0.717, 1.165) is 6.42 Å². The van der Waals surface area contributed by atoms with Gasteiger partial charge in [-0.05, 0) is 42.7 Å². The van der Waals surface area contributed by atoms with Crippen molar-refractivity contribution < 1.29 is 14.3 Å². The maximum absolute atomic E-state index is 14.0. The first-order valence-corrected chi connectivity index (χ1v) is 10.7. The molecule has 1 amide bonds. The summed E-state index contributed by atoms with van der Waals surface area (Å²) in [6.07, 6.45) is 1.45. The zero-order valence-corrected chi connectivity index (χ0v) is 17.9. The molecule has 1 fully saturated rings. The van der Waals surface area contributed by atoms with Crippen LogP contribution >= 0.6 is 0 Å². The lowest BCUT2D eigenvalue weighted by atomic mass is 10.1. The summed E-state index contributed by atoms with van der Waals surface area (Å²) in [5.74, 6) is 1.44. The molecule has 162 valence electrons. The number of anilines is 1. The SMILES string of the molecule is CC(C)CCC(=O)N1CCN(c2nc(-c3ccccc3O)nc3ccc(F)cc23)CC1. The molecule has 1 N–H and O–H groups in total. The van der Waals surface area contributed by atoms with E-state index in [9.17, 15) is 14.3 Å². The number of piperazine rings is 1. The number of carbonyl (C=O) groups excluding carboxylic acids is 1. The minimum atomic E-state index is -0.352. The van der Waals surface area contributed by atoms with Gasteiger partial charge in [-0.2, -0.15) is 0 Å². The summed E-state index contributed by atoms with van der Waals surface area (Å²) in [6.45, 7) is 6.65. The monoisotopic (exact) mass is 422 g/mol. The number of aromatic nitrogens is 2. The van der Waals surface area contributed by atoms with E-state index in [1.54, 1.807) is 24.3 Å². The number of aromatic hydroxyl groups is 1. The Labute approximate surface area is 181 Å². The van der Waals surface area contributed by atoms with E-state index in [1.165, 1.54) is 12.1 Å². The van der Waals surface area contributed by atoms with Gasteiger partial charge in [0.1, 0.15) is 17.4 Å². The minimum Gasteiger partial charge on any atom is -0.507 e. The highest BCUT2D eigenvalue weighted by Crippen LogP contribution is 2.32. The molecule has 6 nitrogen and oxygen atoms in total. The molecule has 1 aliphatic heterocycles. The quantitative estimate of drug-likeness (QED) is 0.667.